The lowest BCUT2D eigenvalue weighted by atomic mass is 10.1. The predicted octanol–water partition coefficient (Wildman–Crippen LogP) is 2.02. The molecule has 12 heteroatoms. The molecule has 2 aromatic carbocycles. The van der Waals surface area contributed by atoms with Gasteiger partial charge in [0.05, 0.1) is 24.1 Å². The Kier molecular flexibility index (Phi) is 5.92. The van der Waals surface area contributed by atoms with Crippen LogP contribution in [0.1, 0.15) is 5.56 Å². The van der Waals surface area contributed by atoms with Crippen molar-refractivity contribution in [1.82, 2.24) is 29.9 Å². The van der Waals surface area contributed by atoms with Crippen molar-refractivity contribution in [2.24, 2.45) is 0 Å². The number of carbonyl (C=O) groups excluding carboxylic acids is 1. The maximum Gasteiger partial charge on any atom is 0.269 e. The van der Waals surface area contributed by atoms with Crippen LogP contribution in [0.15, 0.2) is 54.9 Å². The summed E-state index contributed by atoms with van der Waals surface area (Å²) in [6, 6.07) is 13.5. The van der Waals surface area contributed by atoms with Crippen LogP contribution in [-0.4, -0.2) is 74.0 Å². The number of hydrogen-bond donors (Lipinski definition) is 0. The zero-order chi connectivity index (χ0) is 24.4. The highest BCUT2D eigenvalue weighted by Crippen LogP contribution is 2.25. The Hall–Kier alpha value is -4.61. The lowest BCUT2D eigenvalue weighted by Gasteiger charge is -2.35. The van der Waals surface area contributed by atoms with Gasteiger partial charge in [0.1, 0.15) is 12.1 Å². The number of non-ortho nitro benzene ring substituents is 1. The maximum absolute atomic E-state index is 12.8. The number of anilines is 1. The number of amides is 1. The van der Waals surface area contributed by atoms with Gasteiger partial charge in [-0.1, -0.05) is 23.4 Å². The molecule has 1 saturated heterocycles. The molecule has 1 aliphatic rings. The third-order valence-electron chi connectivity index (χ3n) is 5.95. The minimum Gasteiger partial charge on any atom is -0.497 e. The second-order valence-electron chi connectivity index (χ2n) is 8.04. The van der Waals surface area contributed by atoms with E-state index in [1.54, 1.807) is 28.8 Å². The van der Waals surface area contributed by atoms with Gasteiger partial charge in [-0.15, -0.1) is 5.10 Å². The Morgan fingerprint density at radius 1 is 1.09 bits per heavy atom. The second kappa shape index (κ2) is 9.33. The van der Waals surface area contributed by atoms with E-state index in [2.05, 4.69) is 25.2 Å². The Morgan fingerprint density at radius 2 is 1.86 bits per heavy atom. The molecule has 0 N–H and O–H groups in total. The lowest BCUT2D eigenvalue weighted by Crippen LogP contribution is -2.49. The average molecular weight is 474 g/mol. The normalized spacial score (nSPS) is 13.7. The summed E-state index contributed by atoms with van der Waals surface area (Å²) in [5.74, 6) is 1.36. The van der Waals surface area contributed by atoms with Crippen LogP contribution in [0.2, 0.25) is 0 Å². The molecule has 178 valence electrons. The molecule has 35 heavy (non-hydrogen) atoms. The van der Waals surface area contributed by atoms with Crippen molar-refractivity contribution in [2.45, 2.75) is 6.42 Å². The molecule has 1 fully saturated rings. The topological polar surface area (TPSA) is 132 Å². The van der Waals surface area contributed by atoms with Gasteiger partial charge in [-0.25, -0.2) is 9.97 Å². The van der Waals surface area contributed by atoms with Gasteiger partial charge < -0.3 is 14.5 Å². The van der Waals surface area contributed by atoms with E-state index in [1.807, 2.05) is 24.3 Å². The van der Waals surface area contributed by atoms with E-state index in [9.17, 15) is 14.9 Å². The largest absolute Gasteiger partial charge is 0.497 e. The molecule has 0 atom stereocenters. The first-order valence-corrected chi connectivity index (χ1v) is 11.0. The number of hydrogen-bond acceptors (Lipinski definition) is 9. The highest BCUT2D eigenvalue weighted by molar-refractivity contribution is 5.84. The zero-order valence-electron chi connectivity index (χ0n) is 18.9. The molecular weight excluding hydrogens is 452 g/mol. The molecule has 0 spiro atoms. The van der Waals surface area contributed by atoms with Gasteiger partial charge in [0.15, 0.2) is 17.0 Å². The first kappa shape index (κ1) is 22.2. The minimum absolute atomic E-state index is 0.00862. The van der Waals surface area contributed by atoms with Crippen LogP contribution < -0.4 is 9.64 Å². The van der Waals surface area contributed by atoms with Crippen LogP contribution in [0.3, 0.4) is 0 Å². The smallest absolute Gasteiger partial charge is 0.269 e. The molecule has 0 unspecified atom stereocenters. The summed E-state index contributed by atoms with van der Waals surface area (Å²) in [6.45, 7) is 2.23. The fourth-order valence-electron chi connectivity index (χ4n) is 4.07. The van der Waals surface area contributed by atoms with E-state index in [0.29, 0.717) is 48.9 Å². The molecule has 1 amide bonds. The Morgan fingerprint density at radius 3 is 2.57 bits per heavy atom. The van der Waals surface area contributed by atoms with Crippen molar-refractivity contribution in [1.29, 1.82) is 0 Å². The third-order valence-corrected chi connectivity index (χ3v) is 5.95. The summed E-state index contributed by atoms with van der Waals surface area (Å²) in [5.41, 5.74) is 2.70. The summed E-state index contributed by atoms with van der Waals surface area (Å²) < 4.78 is 6.95. The molecule has 4 aromatic rings. The number of ether oxygens (including phenoxy) is 1. The van der Waals surface area contributed by atoms with Crippen molar-refractivity contribution in [2.75, 3.05) is 38.2 Å². The summed E-state index contributed by atoms with van der Waals surface area (Å²) in [7, 11) is 1.61. The van der Waals surface area contributed by atoms with E-state index in [1.165, 1.54) is 18.5 Å². The first-order valence-electron chi connectivity index (χ1n) is 11.0. The molecule has 0 saturated carbocycles. The number of aromatic nitrogens is 5. The third kappa shape index (κ3) is 4.45. The Balaban J connectivity index is 1.28. The van der Waals surface area contributed by atoms with Crippen molar-refractivity contribution < 1.29 is 14.5 Å². The highest BCUT2D eigenvalue weighted by atomic mass is 16.6. The quantitative estimate of drug-likeness (QED) is 0.304. The zero-order valence-corrected chi connectivity index (χ0v) is 18.9. The first-order chi connectivity index (χ1) is 17.0. The number of benzene rings is 2. The maximum atomic E-state index is 12.8. The van der Waals surface area contributed by atoms with Crippen molar-refractivity contribution in [3.05, 3.63) is 70.5 Å². The molecule has 3 heterocycles. The van der Waals surface area contributed by atoms with Gasteiger partial charge in [-0.05, 0) is 17.7 Å². The van der Waals surface area contributed by atoms with Crippen molar-refractivity contribution >= 4 is 28.6 Å². The number of nitrogens with zero attached hydrogens (tertiary/aromatic N) is 8. The van der Waals surface area contributed by atoms with Crippen molar-refractivity contribution in [3.63, 3.8) is 0 Å². The van der Waals surface area contributed by atoms with Crippen LogP contribution in [0, 0.1) is 10.1 Å². The van der Waals surface area contributed by atoms with E-state index in [-0.39, 0.29) is 18.0 Å². The van der Waals surface area contributed by atoms with Crippen LogP contribution in [0.25, 0.3) is 16.9 Å². The fourth-order valence-corrected chi connectivity index (χ4v) is 4.07. The molecule has 0 aliphatic carbocycles. The number of nitro groups is 1. The summed E-state index contributed by atoms with van der Waals surface area (Å²) in [4.78, 5) is 35.8. The van der Waals surface area contributed by atoms with Gasteiger partial charge in [-0.3, -0.25) is 14.9 Å². The van der Waals surface area contributed by atoms with Gasteiger partial charge in [0.2, 0.25) is 5.91 Å². The number of methoxy groups -OCH3 is 1. The van der Waals surface area contributed by atoms with Gasteiger partial charge in [0, 0.05) is 44.4 Å². The van der Waals surface area contributed by atoms with Crippen LogP contribution in [0.4, 0.5) is 11.5 Å². The van der Waals surface area contributed by atoms with Crippen LogP contribution >= 0.6 is 0 Å². The summed E-state index contributed by atoms with van der Waals surface area (Å²) in [5, 5.41) is 19.4. The molecule has 1 aliphatic heterocycles. The van der Waals surface area contributed by atoms with E-state index in [0.717, 1.165) is 11.3 Å². The number of fused-ring (bicyclic) bond motifs is 1. The number of piperazine rings is 1. The highest BCUT2D eigenvalue weighted by Gasteiger charge is 2.25. The molecule has 0 bridgehead atoms. The fraction of sp³-hybridized carbons (Fsp3) is 0.261. The molecular formula is C23H22N8O4. The summed E-state index contributed by atoms with van der Waals surface area (Å²) in [6.07, 6.45) is 1.69. The molecule has 12 nitrogen and oxygen atoms in total. The van der Waals surface area contributed by atoms with Gasteiger partial charge >= 0.3 is 0 Å². The lowest BCUT2D eigenvalue weighted by molar-refractivity contribution is -0.384. The molecule has 5 rings (SSSR count). The monoisotopic (exact) mass is 474 g/mol. The van der Waals surface area contributed by atoms with Crippen LogP contribution in [0.5, 0.6) is 5.75 Å². The van der Waals surface area contributed by atoms with E-state index in [4.69, 9.17) is 4.74 Å². The SMILES string of the molecule is COc1cccc(-n2nnc3c(N4CCN(C(=O)Cc5ccc([N+](=O)[O-])cc5)CC4)ncnc32)c1. The van der Waals surface area contributed by atoms with E-state index < -0.39 is 4.92 Å². The van der Waals surface area contributed by atoms with E-state index >= 15 is 0 Å². The predicted molar refractivity (Wildman–Crippen MR) is 127 cm³/mol. The van der Waals surface area contributed by atoms with Gasteiger partial charge in [-0.2, -0.15) is 4.68 Å². The standard InChI is InChI=1S/C23H22N8O4/c1-35-19-4-2-3-18(14-19)30-23-21(26-27-30)22(24-15-25-23)29-11-9-28(10-12-29)20(32)13-16-5-7-17(8-6-16)31(33)34/h2-8,14-15H,9-13H2,1H3. The second-order valence-corrected chi connectivity index (χ2v) is 8.04. The Bertz CT molecular complexity index is 1380. The number of carbonyl (C=O) groups is 1. The molecule has 2 aromatic heterocycles. The average Bonchev–Trinajstić information content (AvgIpc) is 3.33. The number of nitro benzene ring substituents is 1. The van der Waals surface area contributed by atoms with Crippen molar-refractivity contribution in [3.8, 4) is 11.4 Å². The van der Waals surface area contributed by atoms with Gasteiger partial charge in [0.25, 0.3) is 5.69 Å². The molecule has 0 radical (unpaired) electrons. The minimum atomic E-state index is -0.454. The van der Waals surface area contributed by atoms with Crippen LogP contribution in [-0.2, 0) is 11.2 Å². The summed E-state index contributed by atoms with van der Waals surface area (Å²) >= 11 is 0. The Labute approximate surface area is 199 Å². The number of rotatable bonds is 6.